The molecule has 0 aromatic rings. The lowest BCUT2D eigenvalue weighted by Gasteiger charge is -2.24. The quantitative estimate of drug-likeness (QED) is 0.394. The molecule has 0 fully saturated rings. The number of nitrogens with one attached hydrogen (secondary N) is 1. The van der Waals surface area contributed by atoms with Gasteiger partial charge in [0.25, 0.3) is 0 Å². The van der Waals surface area contributed by atoms with E-state index in [0.29, 0.717) is 6.54 Å². The Kier molecular flexibility index (Phi) is 9.00. The van der Waals surface area contributed by atoms with Crippen LogP contribution in [0.2, 0.25) is 0 Å². The average molecular weight is 219 g/mol. The van der Waals surface area contributed by atoms with Gasteiger partial charge in [-0.15, -0.1) is 0 Å². The third-order valence-corrected chi connectivity index (χ3v) is 2.58. The lowest BCUT2D eigenvalue weighted by molar-refractivity contribution is 0.0698. The van der Waals surface area contributed by atoms with E-state index < -0.39 is 5.41 Å². The Balaban J connectivity index is 3.29. The Morgan fingerprint density at radius 3 is 2.07 bits per heavy atom. The van der Waals surface area contributed by atoms with E-state index in [1.165, 1.54) is 0 Å². The van der Waals surface area contributed by atoms with Gasteiger partial charge in [-0.1, -0.05) is 19.8 Å². The van der Waals surface area contributed by atoms with E-state index in [1.54, 1.807) is 0 Å². The molecule has 0 aliphatic heterocycles. The number of rotatable bonds is 10. The largest absolute Gasteiger partial charge is 0.396 e. The number of hydrogen-bond acceptors (Lipinski definition) is 4. The molecule has 4 nitrogen and oxygen atoms in total. The normalized spacial score (nSPS) is 12.0. The minimum absolute atomic E-state index is 0.00100. The first kappa shape index (κ1) is 14.8. The summed E-state index contributed by atoms with van der Waals surface area (Å²) in [5.74, 6) is 0. The zero-order valence-electron chi connectivity index (χ0n) is 9.71. The van der Waals surface area contributed by atoms with E-state index in [1.807, 2.05) is 6.92 Å². The smallest absolute Gasteiger partial charge is 0.0518 e. The Hall–Kier alpha value is -0.160. The molecule has 0 atom stereocenters. The van der Waals surface area contributed by atoms with Crippen molar-refractivity contribution in [3.05, 3.63) is 0 Å². The fraction of sp³-hybridized carbons (Fsp3) is 1.00. The van der Waals surface area contributed by atoms with Crippen LogP contribution in [0.3, 0.4) is 0 Å². The summed E-state index contributed by atoms with van der Waals surface area (Å²) in [5.41, 5.74) is -0.412. The average Bonchev–Trinajstić information content (AvgIpc) is 2.27. The summed E-state index contributed by atoms with van der Waals surface area (Å²) in [5, 5.41) is 29.9. The summed E-state index contributed by atoms with van der Waals surface area (Å²) in [6.07, 6.45) is 4.13. The molecule has 0 aliphatic carbocycles. The predicted octanol–water partition coefficient (Wildman–Crippen LogP) is 0.120. The number of unbranched alkanes of at least 4 members (excludes halogenated alkanes) is 3. The molecule has 0 heterocycles. The summed E-state index contributed by atoms with van der Waals surface area (Å²) >= 11 is 0. The van der Waals surface area contributed by atoms with Gasteiger partial charge in [-0.3, -0.25) is 0 Å². The summed E-state index contributed by atoms with van der Waals surface area (Å²) in [7, 11) is 0. The minimum atomic E-state index is -0.412. The van der Waals surface area contributed by atoms with Gasteiger partial charge in [0.2, 0.25) is 0 Å². The molecule has 92 valence electrons. The van der Waals surface area contributed by atoms with E-state index in [2.05, 4.69) is 5.32 Å². The van der Waals surface area contributed by atoms with Crippen LogP contribution >= 0.6 is 0 Å². The number of aliphatic hydroxyl groups excluding tert-OH is 3. The molecule has 0 unspecified atom stereocenters. The van der Waals surface area contributed by atoms with Crippen LogP contribution in [0.25, 0.3) is 0 Å². The lowest BCUT2D eigenvalue weighted by Crippen LogP contribution is -2.38. The maximum Gasteiger partial charge on any atom is 0.0518 e. The van der Waals surface area contributed by atoms with E-state index in [-0.39, 0.29) is 19.8 Å². The molecular weight excluding hydrogens is 194 g/mol. The van der Waals surface area contributed by atoms with Crippen molar-refractivity contribution in [1.29, 1.82) is 0 Å². The molecule has 0 radical (unpaired) electrons. The van der Waals surface area contributed by atoms with Crippen molar-refractivity contribution in [1.82, 2.24) is 5.32 Å². The molecule has 0 saturated heterocycles. The molecule has 0 aliphatic rings. The highest BCUT2D eigenvalue weighted by Gasteiger charge is 2.21. The summed E-state index contributed by atoms with van der Waals surface area (Å²) in [4.78, 5) is 0. The topological polar surface area (TPSA) is 72.7 Å². The Bertz CT molecular complexity index is 138. The van der Waals surface area contributed by atoms with Gasteiger partial charge in [0.1, 0.15) is 0 Å². The van der Waals surface area contributed by atoms with E-state index >= 15 is 0 Å². The van der Waals surface area contributed by atoms with Gasteiger partial charge < -0.3 is 20.6 Å². The minimum Gasteiger partial charge on any atom is -0.396 e. The summed E-state index contributed by atoms with van der Waals surface area (Å²) < 4.78 is 0. The Morgan fingerprint density at radius 2 is 1.53 bits per heavy atom. The molecule has 0 amide bonds. The van der Waals surface area contributed by atoms with Gasteiger partial charge in [-0.25, -0.2) is 0 Å². The van der Waals surface area contributed by atoms with E-state index in [4.69, 9.17) is 15.3 Å². The van der Waals surface area contributed by atoms with Gasteiger partial charge in [0, 0.05) is 18.6 Å². The second-order valence-corrected chi connectivity index (χ2v) is 4.44. The maximum atomic E-state index is 9.03. The van der Waals surface area contributed by atoms with Crippen LogP contribution < -0.4 is 5.32 Å². The first-order chi connectivity index (χ1) is 7.18. The van der Waals surface area contributed by atoms with Crippen LogP contribution in [-0.4, -0.2) is 48.2 Å². The van der Waals surface area contributed by atoms with Crippen LogP contribution in [0, 0.1) is 5.41 Å². The highest BCUT2D eigenvalue weighted by Crippen LogP contribution is 2.11. The molecule has 0 saturated carbocycles. The maximum absolute atomic E-state index is 9.03. The van der Waals surface area contributed by atoms with Crippen LogP contribution in [-0.2, 0) is 0 Å². The van der Waals surface area contributed by atoms with Crippen molar-refractivity contribution in [2.45, 2.75) is 32.6 Å². The molecule has 0 bridgehead atoms. The van der Waals surface area contributed by atoms with Gasteiger partial charge >= 0.3 is 0 Å². The van der Waals surface area contributed by atoms with Gasteiger partial charge in [0.05, 0.1) is 13.2 Å². The third-order valence-electron chi connectivity index (χ3n) is 2.58. The van der Waals surface area contributed by atoms with Crippen molar-refractivity contribution in [3.8, 4) is 0 Å². The van der Waals surface area contributed by atoms with Crippen LogP contribution in [0.5, 0.6) is 0 Å². The zero-order chi connectivity index (χ0) is 11.6. The zero-order valence-corrected chi connectivity index (χ0v) is 9.71. The standard InChI is InChI=1S/C11H25NO3/c1-11(9-14,10-15)8-12-6-4-2-3-5-7-13/h12-15H,2-10H2,1H3. The lowest BCUT2D eigenvalue weighted by atomic mass is 9.93. The van der Waals surface area contributed by atoms with Gasteiger partial charge in [-0.05, 0) is 19.4 Å². The fourth-order valence-electron chi connectivity index (χ4n) is 1.27. The van der Waals surface area contributed by atoms with Crippen molar-refractivity contribution < 1.29 is 15.3 Å². The van der Waals surface area contributed by atoms with Crippen LogP contribution in [0.4, 0.5) is 0 Å². The molecule has 4 N–H and O–H groups in total. The summed E-state index contributed by atoms with van der Waals surface area (Å²) in [6.45, 7) is 3.68. The van der Waals surface area contributed by atoms with Crippen molar-refractivity contribution in [2.75, 3.05) is 32.9 Å². The van der Waals surface area contributed by atoms with E-state index in [0.717, 1.165) is 32.2 Å². The van der Waals surface area contributed by atoms with Crippen LogP contribution in [0.1, 0.15) is 32.6 Å². The first-order valence-corrected chi connectivity index (χ1v) is 5.72. The second-order valence-electron chi connectivity index (χ2n) is 4.44. The molecule has 4 heteroatoms. The number of aliphatic hydroxyl groups is 3. The van der Waals surface area contributed by atoms with Gasteiger partial charge in [-0.2, -0.15) is 0 Å². The highest BCUT2D eigenvalue weighted by molar-refractivity contribution is 4.74. The Morgan fingerprint density at radius 1 is 0.933 bits per heavy atom. The molecule has 0 spiro atoms. The van der Waals surface area contributed by atoms with Crippen LogP contribution in [0.15, 0.2) is 0 Å². The molecule has 0 rings (SSSR count). The molecule has 15 heavy (non-hydrogen) atoms. The van der Waals surface area contributed by atoms with E-state index in [9.17, 15) is 0 Å². The molecular formula is C11H25NO3. The predicted molar refractivity (Wildman–Crippen MR) is 60.7 cm³/mol. The fourth-order valence-corrected chi connectivity index (χ4v) is 1.27. The summed E-state index contributed by atoms with van der Waals surface area (Å²) in [6, 6.07) is 0. The number of hydrogen-bond donors (Lipinski definition) is 4. The van der Waals surface area contributed by atoms with Crippen molar-refractivity contribution in [2.24, 2.45) is 5.41 Å². The van der Waals surface area contributed by atoms with Gasteiger partial charge in [0.15, 0.2) is 0 Å². The molecule has 0 aromatic heterocycles. The first-order valence-electron chi connectivity index (χ1n) is 5.72. The second kappa shape index (κ2) is 9.09. The highest BCUT2D eigenvalue weighted by atomic mass is 16.3. The molecule has 0 aromatic carbocycles. The monoisotopic (exact) mass is 219 g/mol. The third kappa shape index (κ3) is 7.73. The van der Waals surface area contributed by atoms with Crippen molar-refractivity contribution in [3.63, 3.8) is 0 Å². The van der Waals surface area contributed by atoms with Crippen molar-refractivity contribution >= 4 is 0 Å². The SMILES string of the molecule is CC(CO)(CO)CNCCCCCCO. The Labute approximate surface area is 92.3 Å².